The lowest BCUT2D eigenvalue weighted by molar-refractivity contribution is 0.0173. The first-order chi connectivity index (χ1) is 12.1. The Balaban J connectivity index is 1.68. The minimum Gasteiger partial charge on any atom is -0.379 e. The molecule has 1 N–H and O–H groups in total. The molecule has 0 spiro atoms. The third-order valence-electron chi connectivity index (χ3n) is 4.21. The van der Waals surface area contributed by atoms with Gasteiger partial charge in [-0.2, -0.15) is 11.3 Å². The molecule has 8 heteroatoms. The predicted octanol–water partition coefficient (Wildman–Crippen LogP) is 2.38. The second-order valence-corrected chi connectivity index (χ2v) is 8.51. The van der Waals surface area contributed by atoms with Gasteiger partial charge in [0.1, 0.15) is 5.82 Å². The molecule has 1 fully saturated rings. The summed E-state index contributed by atoms with van der Waals surface area (Å²) in [6.07, 6.45) is 0. The zero-order chi connectivity index (χ0) is 17.7. The van der Waals surface area contributed by atoms with E-state index in [0.29, 0.717) is 13.2 Å². The number of nitrogens with zero attached hydrogens (tertiary/aromatic N) is 1. The van der Waals surface area contributed by atoms with Crippen molar-refractivity contribution in [3.05, 3.63) is 58.0 Å². The SMILES string of the molecule is O=S(=O)(Cc1ccccc1F)NC[C@H](c1ccsc1)N1CCOCC1. The lowest BCUT2D eigenvalue weighted by Crippen LogP contribution is -2.43. The van der Waals surface area contributed by atoms with Crippen molar-refractivity contribution in [2.24, 2.45) is 0 Å². The van der Waals surface area contributed by atoms with Gasteiger partial charge in [-0.25, -0.2) is 17.5 Å². The highest BCUT2D eigenvalue weighted by atomic mass is 32.2. The molecule has 0 saturated carbocycles. The van der Waals surface area contributed by atoms with Gasteiger partial charge in [0.2, 0.25) is 10.0 Å². The normalized spacial score (nSPS) is 17.5. The minimum absolute atomic E-state index is 0.0504. The number of benzene rings is 1. The summed E-state index contributed by atoms with van der Waals surface area (Å²) in [7, 11) is -3.63. The van der Waals surface area contributed by atoms with E-state index in [9.17, 15) is 12.8 Å². The number of sulfonamides is 1. The number of nitrogens with one attached hydrogen (secondary N) is 1. The molecule has 25 heavy (non-hydrogen) atoms. The van der Waals surface area contributed by atoms with Crippen LogP contribution in [0.2, 0.25) is 0 Å². The number of thiophene rings is 1. The van der Waals surface area contributed by atoms with Gasteiger partial charge < -0.3 is 4.74 Å². The van der Waals surface area contributed by atoms with Crippen LogP contribution < -0.4 is 4.72 Å². The molecule has 1 saturated heterocycles. The fourth-order valence-corrected chi connectivity index (χ4v) is 4.75. The second kappa shape index (κ2) is 8.37. The molecule has 3 rings (SSSR count). The Morgan fingerprint density at radius 3 is 2.68 bits per heavy atom. The predicted molar refractivity (Wildman–Crippen MR) is 96.5 cm³/mol. The van der Waals surface area contributed by atoms with E-state index in [1.165, 1.54) is 12.1 Å². The Hall–Kier alpha value is -1.32. The van der Waals surface area contributed by atoms with Crippen LogP contribution in [0, 0.1) is 5.82 Å². The molecule has 136 valence electrons. The van der Waals surface area contributed by atoms with Crippen LogP contribution in [0.3, 0.4) is 0 Å². The highest BCUT2D eigenvalue weighted by Crippen LogP contribution is 2.24. The monoisotopic (exact) mass is 384 g/mol. The van der Waals surface area contributed by atoms with Crippen LogP contribution in [-0.2, 0) is 20.5 Å². The molecule has 0 amide bonds. The zero-order valence-corrected chi connectivity index (χ0v) is 15.4. The Labute approximate surface area is 151 Å². The maximum Gasteiger partial charge on any atom is 0.215 e. The Morgan fingerprint density at radius 2 is 2.00 bits per heavy atom. The van der Waals surface area contributed by atoms with Gasteiger partial charge in [0.15, 0.2) is 0 Å². The standard InChI is InChI=1S/C17H21FN2O3S2/c18-16-4-2-1-3-15(16)13-25(21,22)19-11-17(14-5-10-24-12-14)20-6-8-23-9-7-20/h1-5,10,12,17,19H,6-9,11,13H2/t17-/m1/s1. The number of halogens is 1. The molecular formula is C17H21FN2O3S2. The van der Waals surface area contributed by atoms with Crippen molar-refractivity contribution in [1.82, 2.24) is 9.62 Å². The van der Waals surface area contributed by atoms with Gasteiger partial charge in [-0.1, -0.05) is 18.2 Å². The Kier molecular flexibility index (Phi) is 6.19. The van der Waals surface area contributed by atoms with Crippen molar-refractivity contribution in [2.45, 2.75) is 11.8 Å². The van der Waals surface area contributed by atoms with Crippen LogP contribution in [0.5, 0.6) is 0 Å². The number of hydrogen-bond donors (Lipinski definition) is 1. The number of ether oxygens (including phenoxy) is 1. The van der Waals surface area contributed by atoms with E-state index in [0.717, 1.165) is 18.7 Å². The van der Waals surface area contributed by atoms with Crippen molar-refractivity contribution in [3.63, 3.8) is 0 Å². The molecule has 2 aromatic rings. The summed E-state index contributed by atoms with van der Waals surface area (Å²) in [5.74, 6) is -0.866. The topological polar surface area (TPSA) is 58.6 Å². The van der Waals surface area contributed by atoms with Gasteiger partial charge in [0.05, 0.1) is 19.0 Å². The first-order valence-electron chi connectivity index (χ1n) is 8.10. The Morgan fingerprint density at radius 1 is 1.24 bits per heavy atom. The van der Waals surface area contributed by atoms with Gasteiger partial charge in [0, 0.05) is 31.2 Å². The fourth-order valence-electron chi connectivity index (χ4n) is 2.89. The lowest BCUT2D eigenvalue weighted by atomic mass is 10.1. The second-order valence-electron chi connectivity index (χ2n) is 5.92. The van der Waals surface area contributed by atoms with E-state index in [1.54, 1.807) is 23.5 Å². The van der Waals surface area contributed by atoms with Crippen LogP contribution in [-0.4, -0.2) is 46.2 Å². The third-order valence-corrected chi connectivity index (χ3v) is 6.21. The summed E-state index contributed by atoms with van der Waals surface area (Å²) in [6.45, 7) is 3.06. The average molecular weight is 384 g/mol. The van der Waals surface area contributed by atoms with Crippen LogP contribution in [0.4, 0.5) is 4.39 Å². The van der Waals surface area contributed by atoms with E-state index < -0.39 is 15.8 Å². The van der Waals surface area contributed by atoms with Gasteiger partial charge in [-0.15, -0.1) is 0 Å². The van der Waals surface area contributed by atoms with E-state index in [-0.39, 0.29) is 23.9 Å². The highest BCUT2D eigenvalue weighted by molar-refractivity contribution is 7.88. The summed E-state index contributed by atoms with van der Waals surface area (Å²) in [5, 5.41) is 4.02. The maximum absolute atomic E-state index is 13.7. The van der Waals surface area contributed by atoms with Crippen molar-refractivity contribution in [1.29, 1.82) is 0 Å². The molecule has 2 heterocycles. The van der Waals surface area contributed by atoms with Crippen LogP contribution in [0.1, 0.15) is 17.2 Å². The molecular weight excluding hydrogens is 363 g/mol. The summed E-state index contributed by atoms with van der Waals surface area (Å²) < 4.78 is 46.5. The third kappa shape index (κ3) is 5.08. The molecule has 0 aliphatic carbocycles. The molecule has 0 bridgehead atoms. The molecule has 5 nitrogen and oxygen atoms in total. The van der Waals surface area contributed by atoms with Crippen LogP contribution >= 0.6 is 11.3 Å². The van der Waals surface area contributed by atoms with Gasteiger partial charge in [0.25, 0.3) is 0 Å². The molecule has 1 aromatic carbocycles. The quantitative estimate of drug-likeness (QED) is 0.796. The van der Waals surface area contributed by atoms with Gasteiger partial charge >= 0.3 is 0 Å². The summed E-state index contributed by atoms with van der Waals surface area (Å²) in [5.41, 5.74) is 1.26. The first kappa shape index (κ1) is 18.5. The molecule has 1 atom stereocenters. The maximum atomic E-state index is 13.7. The van der Waals surface area contributed by atoms with Crippen LogP contribution in [0.25, 0.3) is 0 Å². The highest BCUT2D eigenvalue weighted by Gasteiger charge is 2.25. The summed E-state index contributed by atoms with van der Waals surface area (Å²) in [4.78, 5) is 2.22. The van der Waals surface area contributed by atoms with Crippen molar-refractivity contribution in [3.8, 4) is 0 Å². The zero-order valence-electron chi connectivity index (χ0n) is 13.7. The van der Waals surface area contributed by atoms with Crippen molar-refractivity contribution in [2.75, 3.05) is 32.8 Å². The molecule has 0 unspecified atom stereocenters. The van der Waals surface area contributed by atoms with Gasteiger partial charge in [-0.3, -0.25) is 4.90 Å². The average Bonchev–Trinajstić information content (AvgIpc) is 3.12. The molecule has 0 radical (unpaired) electrons. The Bertz CT molecular complexity index is 775. The van der Waals surface area contributed by atoms with Crippen molar-refractivity contribution >= 4 is 21.4 Å². The molecule has 1 aliphatic rings. The number of morpholine rings is 1. The van der Waals surface area contributed by atoms with E-state index in [2.05, 4.69) is 9.62 Å². The van der Waals surface area contributed by atoms with E-state index >= 15 is 0 Å². The number of hydrogen-bond acceptors (Lipinski definition) is 5. The summed E-state index contributed by atoms with van der Waals surface area (Å²) in [6, 6.07) is 7.90. The summed E-state index contributed by atoms with van der Waals surface area (Å²) >= 11 is 1.59. The van der Waals surface area contributed by atoms with Gasteiger partial charge in [-0.05, 0) is 28.5 Å². The van der Waals surface area contributed by atoms with Crippen LogP contribution in [0.15, 0.2) is 41.1 Å². The minimum atomic E-state index is -3.63. The molecule has 1 aliphatic heterocycles. The first-order valence-corrected chi connectivity index (χ1v) is 10.7. The molecule has 1 aromatic heterocycles. The number of rotatable bonds is 7. The van der Waals surface area contributed by atoms with Crippen molar-refractivity contribution < 1.29 is 17.5 Å². The van der Waals surface area contributed by atoms with E-state index in [1.807, 2.05) is 16.8 Å². The van der Waals surface area contributed by atoms with E-state index in [4.69, 9.17) is 4.74 Å². The lowest BCUT2D eigenvalue weighted by Gasteiger charge is -2.34. The fraction of sp³-hybridized carbons (Fsp3) is 0.412. The largest absolute Gasteiger partial charge is 0.379 e. The smallest absolute Gasteiger partial charge is 0.215 e.